The van der Waals surface area contributed by atoms with E-state index in [-0.39, 0.29) is 16.7 Å². The zero-order valence-electron chi connectivity index (χ0n) is 13.4. The van der Waals surface area contributed by atoms with Gasteiger partial charge in [0.1, 0.15) is 5.75 Å². The number of hydrogen-bond acceptors (Lipinski definition) is 3. The molecule has 0 atom stereocenters. The number of nitrogens with one attached hydrogen (secondary N) is 1. The Morgan fingerprint density at radius 1 is 1.35 bits per heavy atom. The van der Waals surface area contributed by atoms with E-state index in [1.807, 2.05) is 13.0 Å². The second-order valence-electron chi connectivity index (χ2n) is 7.09. The molecule has 1 heterocycles. The molecule has 1 aliphatic heterocycles. The summed E-state index contributed by atoms with van der Waals surface area (Å²) in [7, 11) is 0. The molecule has 0 saturated heterocycles. The van der Waals surface area contributed by atoms with Crippen LogP contribution in [0.15, 0.2) is 12.1 Å². The lowest BCUT2D eigenvalue weighted by Crippen LogP contribution is -2.19. The van der Waals surface area contributed by atoms with Crippen molar-refractivity contribution in [2.45, 2.75) is 52.4 Å². The van der Waals surface area contributed by atoms with Crippen LogP contribution in [0.1, 0.15) is 58.2 Å². The first-order valence-corrected chi connectivity index (χ1v) is 7.20. The van der Waals surface area contributed by atoms with Crippen LogP contribution in [-0.2, 0) is 15.6 Å². The van der Waals surface area contributed by atoms with Gasteiger partial charge in [0.05, 0.1) is 13.2 Å². The molecule has 0 bridgehead atoms. The highest BCUT2D eigenvalue weighted by Crippen LogP contribution is 2.45. The second kappa shape index (κ2) is 4.80. The number of hydrogen-bond donors (Lipinski definition) is 1. The normalized spacial score (nSPS) is 16.5. The lowest BCUT2D eigenvalue weighted by atomic mass is 9.79. The molecular weight excluding hydrogens is 250 g/mol. The van der Waals surface area contributed by atoms with Gasteiger partial charge in [0, 0.05) is 22.1 Å². The largest absolute Gasteiger partial charge is 0.492 e. The van der Waals surface area contributed by atoms with Crippen LogP contribution in [0.5, 0.6) is 5.75 Å². The minimum atomic E-state index is -0.0208. The van der Waals surface area contributed by atoms with Gasteiger partial charge < -0.3 is 9.47 Å². The van der Waals surface area contributed by atoms with Crippen LogP contribution in [-0.4, -0.2) is 19.1 Å². The molecule has 2 rings (SSSR count). The van der Waals surface area contributed by atoms with E-state index in [0.29, 0.717) is 13.2 Å². The summed E-state index contributed by atoms with van der Waals surface area (Å²) in [6, 6.07) is 4.09. The van der Waals surface area contributed by atoms with E-state index < -0.39 is 0 Å². The molecule has 3 heteroatoms. The van der Waals surface area contributed by atoms with Crippen LogP contribution < -0.4 is 4.74 Å². The van der Waals surface area contributed by atoms with Gasteiger partial charge in [-0.2, -0.15) is 0 Å². The molecule has 0 amide bonds. The van der Waals surface area contributed by atoms with Crippen molar-refractivity contribution in [3.05, 3.63) is 28.8 Å². The molecule has 3 nitrogen and oxygen atoms in total. The Kier molecular flexibility index (Phi) is 3.57. The summed E-state index contributed by atoms with van der Waals surface area (Å²) < 4.78 is 11.3. The zero-order chi connectivity index (χ0) is 15.1. The first-order valence-electron chi connectivity index (χ1n) is 7.20. The molecule has 20 heavy (non-hydrogen) atoms. The molecule has 1 aromatic carbocycles. The van der Waals surface area contributed by atoms with Gasteiger partial charge in [0.15, 0.2) is 0 Å². The van der Waals surface area contributed by atoms with Gasteiger partial charge >= 0.3 is 0 Å². The fourth-order valence-corrected chi connectivity index (χ4v) is 2.53. The molecule has 1 aliphatic rings. The number of ether oxygens (including phenoxy) is 2. The van der Waals surface area contributed by atoms with Crippen molar-refractivity contribution in [2.24, 2.45) is 0 Å². The highest BCUT2D eigenvalue weighted by Gasteiger charge is 2.36. The minimum Gasteiger partial charge on any atom is -0.492 e. The van der Waals surface area contributed by atoms with Crippen LogP contribution in [0.3, 0.4) is 0 Å². The summed E-state index contributed by atoms with van der Waals surface area (Å²) >= 11 is 0. The molecule has 0 fully saturated rings. The molecule has 0 unspecified atom stereocenters. The monoisotopic (exact) mass is 275 g/mol. The van der Waals surface area contributed by atoms with E-state index in [4.69, 9.17) is 14.9 Å². The molecule has 110 valence electrons. The maximum Gasteiger partial charge on any atom is 0.213 e. The summed E-state index contributed by atoms with van der Waals surface area (Å²) in [6.45, 7) is 14.0. The van der Waals surface area contributed by atoms with Crippen LogP contribution in [0.25, 0.3) is 0 Å². The fourth-order valence-electron chi connectivity index (χ4n) is 2.53. The van der Waals surface area contributed by atoms with Gasteiger partial charge in [-0.25, -0.2) is 0 Å². The second-order valence-corrected chi connectivity index (χ2v) is 7.09. The highest BCUT2D eigenvalue weighted by atomic mass is 16.5. The third-order valence-electron chi connectivity index (χ3n) is 3.75. The van der Waals surface area contributed by atoms with Crippen LogP contribution in [0.4, 0.5) is 0 Å². The summed E-state index contributed by atoms with van der Waals surface area (Å²) in [5.41, 5.74) is 3.14. The van der Waals surface area contributed by atoms with Gasteiger partial charge in [-0.3, -0.25) is 5.41 Å². The van der Waals surface area contributed by atoms with E-state index in [9.17, 15) is 0 Å². The summed E-state index contributed by atoms with van der Waals surface area (Å²) in [6.07, 6.45) is 0. The average Bonchev–Trinajstić information content (AvgIpc) is 2.63. The standard InChI is InChI=1S/C17H25NO2/c1-7-19-15(18)11-8-12(16(2,3)4)14-13(9-11)17(5,6)10-20-14/h8-9,18H,7,10H2,1-6H3. The predicted molar refractivity (Wildman–Crippen MR) is 82.1 cm³/mol. The minimum absolute atomic E-state index is 0.0160. The topological polar surface area (TPSA) is 42.3 Å². The highest BCUT2D eigenvalue weighted by molar-refractivity contribution is 5.92. The van der Waals surface area contributed by atoms with E-state index in [1.165, 1.54) is 5.56 Å². The molecule has 0 aliphatic carbocycles. The summed E-state index contributed by atoms with van der Waals surface area (Å²) in [5, 5.41) is 8.06. The fraction of sp³-hybridized carbons (Fsp3) is 0.588. The van der Waals surface area contributed by atoms with Crippen molar-refractivity contribution < 1.29 is 9.47 Å². The molecule has 0 saturated carbocycles. The van der Waals surface area contributed by atoms with Gasteiger partial charge in [0.2, 0.25) is 5.90 Å². The molecular formula is C17H25NO2. The maximum absolute atomic E-state index is 8.06. The molecule has 1 N–H and O–H groups in total. The molecule has 1 aromatic rings. The van der Waals surface area contributed by atoms with E-state index >= 15 is 0 Å². The maximum atomic E-state index is 8.06. The Morgan fingerprint density at radius 3 is 2.55 bits per heavy atom. The van der Waals surface area contributed by atoms with Crippen LogP contribution in [0.2, 0.25) is 0 Å². The Morgan fingerprint density at radius 2 is 2.00 bits per heavy atom. The molecule has 0 radical (unpaired) electrons. The Balaban J connectivity index is 2.62. The van der Waals surface area contributed by atoms with Crippen molar-refractivity contribution in [3.63, 3.8) is 0 Å². The Hall–Kier alpha value is -1.51. The lowest BCUT2D eigenvalue weighted by Gasteiger charge is -2.24. The first-order chi connectivity index (χ1) is 9.16. The number of rotatable bonds is 2. The molecule has 0 aromatic heterocycles. The average molecular weight is 275 g/mol. The van der Waals surface area contributed by atoms with Crippen LogP contribution in [0, 0.1) is 5.41 Å². The SMILES string of the molecule is CCOC(=N)c1cc(C(C)(C)C)c2c(c1)C(C)(C)CO2. The first kappa shape index (κ1) is 14.9. The van der Waals surface area contributed by atoms with Gasteiger partial charge in [-0.05, 0) is 24.5 Å². The van der Waals surface area contributed by atoms with Crippen molar-refractivity contribution in [3.8, 4) is 5.75 Å². The number of benzene rings is 1. The van der Waals surface area contributed by atoms with E-state index in [2.05, 4.69) is 40.7 Å². The zero-order valence-corrected chi connectivity index (χ0v) is 13.4. The van der Waals surface area contributed by atoms with Crippen molar-refractivity contribution in [2.75, 3.05) is 13.2 Å². The van der Waals surface area contributed by atoms with E-state index in [0.717, 1.165) is 16.9 Å². The Bertz CT molecular complexity index is 539. The predicted octanol–water partition coefficient (Wildman–Crippen LogP) is 4.02. The van der Waals surface area contributed by atoms with Gasteiger partial charge in [-0.15, -0.1) is 0 Å². The van der Waals surface area contributed by atoms with E-state index in [1.54, 1.807) is 0 Å². The van der Waals surface area contributed by atoms with Crippen molar-refractivity contribution in [1.29, 1.82) is 5.41 Å². The van der Waals surface area contributed by atoms with Gasteiger partial charge in [0.25, 0.3) is 0 Å². The summed E-state index contributed by atoms with van der Waals surface area (Å²) in [5.74, 6) is 1.24. The van der Waals surface area contributed by atoms with Crippen molar-refractivity contribution >= 4 is 5.90 Å². The third kappa shape index (κ3) is 2.54. The molecule has 0 spiro atoms. The Labute approximate surface area is 121 Å². The third-order valence-corrected chi connectivity index (χ3v) is 3.75. The quantitative estimate of drug-likeness (QED) is 0.654. The lowest BCUT2D eigenvalue weighted by molar-refractivity contribution is 0.286. The number of fused-ring (bicyclic) bond motifs is 1. The van der Waals surface area contributed by atoms with Gasteiger partial charge in [-0.1, -0.05) is 34.6 Å². The van der Waals surface area contributed by atoms with Crippen molar-refractivity contribution in [1.82, 2.24) is 0 Å². The smallest absolute Gasteiger partial charge is 0.213 e. The van der Waals surface area contributed by atoms with Crippen LogP contribution >= 0.6 is 0 Å². The summed E-state index contributed by atoms with van der Waals surface area (Å²) in [4.78, 5) is 0.